The van der Waals surface area contributed by atoms with Gasteiger partial charge in [0.05, 0.1) is 4.92 Å². The van der Waals surface area contributed by atoms with E-state index in [9.17, 15) is 14.9 Å². The number of carbonyl (C=O) groups is 1. The number of aromatic nitrogens is 2. The van der Waals surface area contributed by atoms with Crippen LogP contribution in [0, 0.1) is 17.0 Å². The lowest BCUT2D eigenvalue weighted by molar-refractivity contribution is -0.384. The quantitative estimate of drug-likeness (QED) is 0.442. The fourth-order valence-corrected chi connectivity index (χ4v) is 2.99. The minimum absolute atomic E-state index is 0.0964. The van der Waals surface area contributed by atoms with E-state index in [1.165, 1.54) is 18.2 Å². The molecule has 0 aliphatic rings. The van der Waals surface area contributed by atoms with Crippen molar-refractivity contribution in [3.8, 4) is 11.4 Å². The average molecular weight is 394 g/mol. The highest BCUT2D eigenvalue weighted by molar-refractivity contribution is 5.95. The number of non-ortho nitro benzene ring substituents is 1. The summed E-state index contributed by atoms with van der Waals surface area (Å²) in [5.74, 6) is 0.658. The first kappa shape index (κ1) is 20.2. The first-order valence-corrected chi connectivity index (χ1v) is 9.30. The van der Waals surface area contributed by atoms with Crippen molar-refractivity contribution < 1.29 is 14.2 Å². The summed E-state index contributed by atoms with van der Waals surface area (Å²) < 4.78 is 5.34. The smallest absolute Gasteiger partial charge is 0.270 e. The SMILES string of the molecule is Cc1cccc(-c2noc(CCN(C(=O)c3cccc([N+](=O)[O-])c3)C(C)C)n2)c1. The van der Waals surface area contributed by atoms with Crippen LogP contribution in [0.15, 0.2) is 53.1 Å². The molecule has 0 spiro atoms. The zero-order valence-electron chi connectivity index (χ0n) is 16.5. The van der Waals surface area contributed by atoms with Crippen LogP contribution in [0.5, 0.6) is 0 Å². The van der Waals surface area contributed by atoms with E-state index in [4.69, 9.17) is 4.52 Å². The van der Waals surface area contributed by atoms with Gasteiger partial charge in [-0.25, -0.2) is 0 Å². The number of amides is 1. The molecule has 0 unspecified atom stereocenters. The van der Waals surface area contributed by atoms with Crippen LogP contribution >= 0.6 is 0 Å². The Hall–Kier alpha value is -3.55. The minimum atomic E-state index is -0.512. The van der Waals surface area contributed by atoms with Gasteiger partial charge in [-0.2, -0.15) is 4.98 Å². The summed E-state index contributed by atoms with van der Waals surface area (Å²) in [6, 6.07) is 13.4. The van der Waals surface area contributed by atoms with Crippen LogP contribution in [0.1, 0.15) is 35.7 Å². The van der Waals surface area contributed by atoms with Crippen LogP contribution in [0.25, 0.3) is 11.4 Å². The van der Waals surface area contributed by atoms with Gasteiger partial charge in [-0.1, -0.05) is 35.0 Å². The zero-order chi connectivity index (χ0) is 21.0. The van der Waals surface area contributed by atoms with Gasteiger partial charge in [0.1, 0.15) is 0 Å². The van der Waals surface area contributed by atoms with E-state index in [2.05, 4.69) is 10.1 Å². The lowest BCUT2D eigenvalue weighted by Gasteiger charge is -2.26. The average Bonchev–Trinajstić information content (AvgIpc) is 3.17. The Morgan fingerprint density at radius 1 is 1.21 bits per heavy atom. The lowest BCUT2D eigenvalue weighted by atomic mass is 10.1. The Morgan fingerprint density at radius 3 is 2.66 bits per heavy atom. The van der Waals surface area contributed by atoms with Crippen LogP contribution in [-0.4, -0.2) is 38.5 Å². The van der Waals surface area contributed by atoms with Crippen molar-refractivity contribution in [2.24, 2.45) is 0 Å². The highest BCUT2D eigenvalue weighted by Gasteiger charge is 2.21. The molecule has 8 nitrogen and oxygen atoms in total. The molecule has 0 radical (unpaired) electrons. The van der Waals surface area contributed by atoms with Crippen LogP contribution in [0.3, 0.4) is 0 Å². The first-order chi connectivity index (χ1) is 13.8. The molecule has 0 N–H and O–H groups in total. The van der Waals surface area contributed by atoms with Crippen molar-refractivity contribution in [2.75, 3.05) is 6.54 Å². The summed E-state index contributed by atoms with van der Waals surface area (Å²) in [7, 11) is 0. The molecular formula is C21H22N4O4. The highest BCUT2D eigenvalue weighted by atomic mass is 16.6. The van der Waals surface area contributed by atoms with E-state index in [0.717, 1.165) is 11.1 Å². The Morgan fingerprint density at radius 2 is 1.97 bits per heavy atom. The molecule has 0 aliphatic heterocycles. The van der Waals surface area contributed by atoms with E-state index in [0.29, 0.717) is 24.7 Å². The Bertz CT molecular complexity index is 1030. The normalized spacial score (nSPS) is 10.9. The molecule has 3 aromatic rings. The third-order valence-electron chi connectivity index (χ3n) is 4.50. The maximum Gasteiger partial charge on any atom is 0.270 e. The molecule has 0 fully saturated rings. The van der Waals surface area contributed by atoms with E-state index in [-0.39, 0.29) is 23.2 Å². The predicted molar refractivity (Wildman–Crippen MR) is 107 cm³/mol. The second-order valence-electron chi connectivity index (χ2n) is 7.03. The molecule has 1 heterocycles. The predicted octanol–water partition coefficient (Wildman–Crippen LogP) is 4.05. The number of aryl methyl sites for hydroxylation is 1. The summed E-state index contributed by atoms with van der Waals surface area (Å²) in [5, 5.41) is 15.0. The summed E-state index contributed by atoms with van der Waals surface area (Å²) in [5.41, 5.74) is 2.13. The number of rotatable bonds is 7. The number of nitro groups is 1. The molecule has 0 bridgehead atoms. The largest absolute Gasteiger partial charge is 0.339 e. The van der Waals surface area contributed by atoms with Crippen molar-refractivity contribution >= 4 is 11.6 Å². The van der Waals surface area contributed by atoms with Crippen molar-refractivity contribution in [3.05, 3.63) is 75.7 Å². The second-order valence-corrected chi connectivity index (χ2v) is 7.03. The molecule has 150 valence electrons. The van der Waals surface area contributed by atoms with Crippen LogP contribution < -0.4 is 0 Å². The van der Waals surface area contributed by atoms with E-state index in [1.807, 2.05) is 45.0 Å². The van der Waals surface area contributed by atoms with Gasteiger partial charge in [-0.15, -0.1) is 0 Å². The van der Waals surface area contributed by atoms with Gasteiger partial charge >= 0.3 is 0 Å². The van der Waals surface area contributed by atoms with Crippen molar-refractivity contribution in [1.29, 1.82) is 0 Å². The Kier molecular flexibility index (Phi) is 6.01. The maximum absolute atomic E-state index is 12.9. The summed E-state index contributed by atoms with van der Waals surface area (Å²) in [4.78, 5) is 29.4. The van der Waals surface area contributed by atoms with Gasteiger partial charge < -0.3 is 9.42 Å². The number of nitro benzene ring substituents is 1. The maximum atomic E-state index is 12.9. The molecule has 0 saturated heterocycles. The Labute approximate surface area is 168 Å². The van der Waals surface area contributed by atoms with Gasteiger partial charge in [0.15, 0.2) is 0 Å². The number of nitrogens with zero attached hydrogens (tertiary/aromatic N) is 4. The number of hydrogen-bond acceptors (Lipinski definition) is 6. The van der Waals surface area contributed by atoms with E-state index in [1.54, 1.807) is 11.0 Å². The molecule has 0 aliphatic carbocycles. The minimum Gasteiger partial charge on any atom is -0.339 e. The molecule has 0 atom stereocenters. The standard InChI is InChI=1S/C21H22N4O4/c1-14(2)24(21(26)17-8-5-9-18(13-17)25(27)28)11-10-19-22-20(23-29-19)16-7-4-6-15(3)12-16/h4-9,12-14H,10-11H2,1-3H3. The zero-order valence-corrected chi connectivity index (χ0v) is 16.5. The molecule has 8 heteroatoms. The number of carbonyl (C=O) groups excluding carboxylic acids is 1. The molecular weight excluding hydrogens is 372 g/mol. The molecule has 2 aromatic carbocycles. The van der Waals surface area contributed by atoms with Crippen LogP contribution in [-0.2, 0) is 6.42 Å². The lowest BCUT2D eigenvalue weighted by Crippen LogP contribution is -2.38. The van der Waals surface area contributed by atoms with Gasteiger partial charge in [0, 0.05) is 42.3 Å². The summed E-state index contributed by atoms with van der Waals surface area (Å²) in [6.07, 6.45) is 0.387. The fourth-order valence-electron chi connectivity index (χ4n) is 2.99. The van der Waals surface area contributed by atoms with Crippen molar-refractivity contribution in [1.82, 2.24) is 15.0 Å². The van der Waals surface area contributed by atoms with E-state index >= 15 is 0 Å². The third kappa shape index (κ3) is 4.84. The van der Waals surface area contributed by atoms with Crippen molar-refractivity contribution in [2.45, 2.75) is 33.2 Å². The highest BCUT2D eigenvalue weighted by Crippen LogP contribution is 2.19. The monoisotopic (exact) mass is 394 g/mol. The molecule has 3 rings (SSSR count). The number of benzene rings is 2. The first-order valence-electron chi connectivity index (χ1n) is 9.30. The second kappa shape index (κ2) is 8.64. The van der Waals surface area contributed by atoms with Crippen molar-refractivity contribution in [3.63, 3.8) is 0 Å². The fraction of sp³-hybridized carbons (Fsp3) is 0.286. The third-order valence-corrected chi connectivity index (χ3v) is 4.50. The molecule has 1 aromatic heterocycles. The van der Waals surface area contributed by atoms with Crippen LogP contribution in [0.4, 0.5) is 5.69 Å². The summed E-state index contributed by atoms with van der Waals surface area (Å²) >= 11 is 0. The van der Waals surface area contributed by atoms with E-state index < -0.39 is 4.92 Å². The van der Waals surface area contributed by atoms with Gasteiger partial charge in [0.2, 0.25) is 11.7 Å². The Balaban J connectivity index is 1.72. The van der Waals surface area contributed by atoms with Gasteiger partial charge in [0.25, 0.3) is 11.6 Å². The molecule has 0 saturated carbocycles. The molecule has 1 amide bonds. The topological polar surface area (TPSA) is 102 Å². The van der Waals surface area contributed by atoms with Gasteiger partial charge in [-0.3, -0.25) is 14.9 Å². The van der Waals surface area contributed by atoms with Gasteiger partial charge in [-0.05, 0) is 32.9 Å². The molecule has 29 heavy (non-hydrogen) atoms. The number of hydrogen-bond donors (Lipinski definition) is 0. The van der Waals surface area contributed by atoms with Crippen LogP contribution in [0.2, 0.25) is 0 Å². The summed E-state index contributed by atoms with van der Waals surface area (Å²) in [6.45, 7) is 6.13.